The largest absolute Gasteiger partial charge is 0.326 e. The second-order valence-electron chi connectivity index (χ2n) is 6.99. The SMILES string of the molecule is Cc1ccc(NC(=O)[C@H]2CCCN(Cc3ccc(F)cc3)C2)cc1C. The van der Waals surface area contributed by atoms with Gasteiger partial charge in [0.25, 0.3) is 0 Å². The summed E-state index contributed by atoms with van der Waals surface area (Å²) < 4.78 is 13.0. The Morgan fingerprint density at radius 1 is 1.16 bits per heavy atom. The minimum Gasteiger partial charge on any atom is -0.326 e. The number of carbonyl (C=O) groups is 1. The first kappa shape index (κ1) is 17.6. The van der Waals surface area contributed by atoms with Crippen LogP contribution >= 0.6 is 0 Å². The molecular formula is C21H25FN2O. The number of amides is 1. The summed E-state index contributed by atoms with van der Waals surface area (Å²) in [4.78, 5) is 14.9. The summed E-state index contributed by atoms with van der Waals surface area (Å²) in [7, 11) is 0. The summed E-state index contributed by atoms with van der Waals surface area (Å²) in [5, 5.41) is 3.06. The van der Waals surface area contributed by atoms with Crippen molar-refractivity contribution in [2.24, 2.45) is 5.92 Å². The molecule has 1 aliphatic rings. The van der Waals surface area contributed by atoms with E-state index >= 15 is 0 Å². The zero-order valence-corrected chi connectivity index (χ0v) is 14.9. The molecule has 0 saturated carbocycles. The Balaban J connectivity index is 1.59. The van der Waals surface area contributed by atoms with E-state index in [-0.39, 0.29) is 17.6 Å². The number of likely N-dealkylation sites (tertiary alicyclic amines) is 1. The molecule has 1 saturated heterocycles. The van der Waals surface area contributed by atoms with Crippen molar-refractivity contribution >= 4 is 11.6 Å². The zero-order valence-electron chi connectivity index (χ0n) is 14.9. The van der Waals surface area contributed by atoms with Gasteiger partial charge in [-0.3, -0.25) is 9.69 Å². The van der Waals surface area contributed by atoms with Crippen LogP contribution in [0.25, 0.3) is 0 Å². The highest BCUT2D eigenvalue weighted by molar-refractivity contribution is 5.92. The number of nitrogens with one attached hydrogen (secondary N) is 1. The highest BCUT2D eigenvalue weighted by Crippen LogP contribution is 2.21. The van der Waals surface area contributed by atoms with Gasteiger partial charge in [-0.05, 0) is 74.2 Å². The van der Waals surface area contributed by atoms with Crippen LogP contribution in [0.3, 0.4) is 0 Å². The molecule has 0 radical (unpaired) electrons. The van der Waals surface area contributed by atoms with Crippen LogP contribution in [-0.4, -0.2) is 23.9 Å². The lowest BCUT2D eigenvalue weighted by molar-refractivity contribution is -0.121. The highest BCUT2D eigenvalue weighted by Gasteiger charge is 2.25. The van der Waals surface area contributed by atoms with Crippen LogP contribution < -0.4 is 5.32 Å². The van der Waals surface area contributed by atoms with Crippen LogP contribution in [0.2, 0.25) is 0 Å². The number of hydrogen-bond acceptors (Lipinski definition) is 2. The molecule has 3 nitrogen and oxygen atoms in total. The maximum absolute atomic E-state index is 13.0. The quantitative estimate of drug-likeness (QED) is 0.900. The lowest BCUT2D eigenvalue weighted by Gasteiger charge is -2.32. The molecule has 1 aliphatic heterocycles. The number of anilines is 1. The fourth-order valence-corrected chi connectivity index (χ4v) is 3.32. The van der Waals surface area contributed by atoms with Gasteiger partial charge in [-0.2, -0.15) is 0 Å². The van der Waals surface area contributed by atoms with Gasteiger partial charge in [0.1, 0.15) is 5.82 Å². The number of halogens is 1. The smallest absolute Gasteiger partial charge is 0.228 e. The fourth-order valence-electron chi connectivity index (χ4n) is 3.32. The number of aryl methyl sites for hydroxylation is 2. The Bertz CT molecular complexity index is 742. The summed E-state index contributed by atoms with van der Waals surface area (Å²) in [6.45, 7) is 6.60. The Labute approximate surface area is 148 Å². The van der Waals surface area contributed by atoms with Crippen molar-refractivity contribution in [3.05, 3.63) is 65.0 Å². The molecule has 4 heteroatoms. The predicted octanol–water partition coefficient (Wildman–Crippen LogP) is 4.29. The lowest BCUT2D eigenvalue weighted by Crippen LogP contribution is -2.40. The third-order valence-electron chi connectivity index (χ3n) is 4.97. The first-order chi connectivity index (χ1) is 12.0. The number of piperidine rings is 1. The van der Waals surface area contributed by atoms with E-state index in [1.165, 1.54) is 23.3 Å². The summed E-state index contributed by atoms with van der Waals surface area (Å²) in [6, 6.07) is 12.6. The highest BCUT2D eigenvalue weighted by atomic mass is 19.1. The molecule has 0 spiro atoms. The third kappa shape index (κ3) is 4.67. The van der Waals surface area contributed by atoms with E-state index in [1.807, 2.05) is 30.3 Å². The fraction of sp³-hybridized carbons (Fsp3) is 0.381. The van der Waals surface area contributed by atoms with E-state index in [2.05, 4.69) is 24.1 Å². The van der Waals surface area contributed by atoms with Crippen molar-refractivity contribution in [2.45, 2.75) is 33.2 Å². The number of nitrogens with zero attached hydrogens (tertiary/aromatic N) is 1. The number of benzene rings is 2. The maximum atomic E-state index is 13.0. The number of carbonyl (C=O) groups excluding carboxylic acids is 1. The third-order valence-corrected chi connectivity index (χ3v) is 4.97. The minimum absolute atomic E-state index is 0.00388. The van der Waals surface area contributed by atoms with Gasteiger partial charge in [-0.25, -0.2) is 4.39 Å². The van der Waals surface area contributed by atoms with E-state index in [9.17, 15) is 9.18 Å². The molecule has 0 aliphatic carbocycles. The first-order valence-corrected chi connectivity index (χ1v) is 8.86. The molecule has 3 rings (SSSR count). The molecule has 1 heterocycles. The molecule has 2 aromatic carbocycles. The van der Waals surface area contributed by atoms with Crippen molar-refractivity contribution in [2.75, 3.05) is 18.4 Å². The Morgan fingerprint density at radius 3 is 2.64 bits per heavy atom. The van der Waals surface area contributed by atoms with Crippen molar-refractivity contribution in [3.8, 4) is 0 Å². The van der Waals surface area contributed by atoms with E-state index in [0.717, 1.165) is 43.7 Å². The molecule has 132 valence electrons. The van der Waals surface area contributed by atoms with Gasteiger partial charge in [0.15, 0.2) is 0 Å². The topological polar surface area (TPSA) is 32.3 Å². The van der Waals surface area contributed by atoms with Gasteiger partial charge in [0.05, 0.1) is 5.92 Å². The molecule has 1 amide bonds. The van der Waals surface area contributed by atoms with E-state index in [0.29, 0.717) is 0 Å². The van der Waals surface area contributed by atoms with Crippen LogP contribution in [-0.2, 0) is 11.3 Å². The lowest BCUT2D eigenvalue weighted by atomic mass is 9.96. The monoisotopic (exact) mass is 340 g/mol. The average Bonchev–Trinajstić information content (AvgIpc) is 2.60. The Kier molecular flexibility index (Phi) is 5.49. The molecule has 1 N–H and O–H groups in total. The van der Waals surface area contributed by atoms with Gasteiger partial charge in [0, 0.05) is 18.8 Å². The number of hydrogen-bond donors (Lipinski definition) is 1. The van der Waals surface area contributed by atoms with Gasteiger partial charge in [-0.1, -0.05) is 18.2 Å². The van der Waals surface area contributed by atoms with Crippen LogP contribution in [0.15, 0.2) is 42.5 Å². The second-order valence-corrected chi connectivity index (χ2v) is 6.99. The van der Waals surface area contributed by atoms with Crippen LogP contribution in [0, 0.1) is 25.6 Å². The van der Waals surface area contributed by atoms with Crippen molar-refractivity contribution < 1.29 is 9.18 Å². The average molecular weight is 340 g/mol. The Hall–Kier alpha value is -2.20. The molecule has 25 heavy (non-hydrogen) atoms. The van der Waals surface area contributed by atoms with Crippen molar-refractivity contribution in [1.82, 2.24) is 4.90 Å². The molecule has 0 bridgehead atoms. The maximum Gasteiger partial charge on any atom is 0.228 e. The normalized spacial score (nSPS) is 18.1. The van der Waals surface area contributed by atoms with Crippen molar-refractivity contribution in [3.63, 3.8) is 0 Å². The van der Waals surface area contributed by atoms with Crippen molar-refractivity contribution in [1.29, 1.82) is 0 Å². The molecule has 1 fully saturated rings. The van der Waals surface area contributed by atoms with Crippen LogP contribution in [0.1, 0.15) is 29.5 Å². The molecular weight excluding hydrogens is 315 g/mol. The second kappa shape index (κ2) is 7.79. The Morgan fingerprint density at radius 2 is 1.92 bits per heavy atom. The first-order valence-electron chi connectivity index (χ1n) is 8.86. The van der Waals surface area contributed by atoms with Gasteiger partial charge >= 0.3 is 0 Å². The van der Waals surface area contributed by atoms with Gasteiger partial charge < -0.3 is 5.32 Å². The summed E-state index contributed by atoms with van der Waals surface area (Å²) in [5.41, 5.74) is 4.35. The van der Waals surface area contributed by atoms with Gasteiger partial charge in [0.2, 0.25) is 5.91 Å². The summed E-state index contributed by atoms with van der Waals surface area (Å²) >= 11 is 0. The van der Waals surface area contributed by atoms with Gasteiger partial charge in [-0.15, -0.1) is 0 Å². The minimum atomic E-state index is -0.215. The number of rotatable bonds is 4. The van der Waals surface area contributed by atoms with Crippen LogP contribution in [0.5, 0.6) is 0 Å². The molecule has 0 aromatic heterocycles. The molecule has 1 atom stereocenters. The predicted molar refractivity (Wildman–Crippen MR) is 98.9 cm³/mol. The molecule has 2 aromatic rings. The summed E-state index contributed by atoms with van der Waals surface area (Å²) in [5.74, 6) is -0.129. The summed E-state index contributed by atoms with van der Waals surface area (Å²) in [6.07, 6.45) is 1.92. The standard InChI is InChI=1S/C21H25FN2O/c1-15-5-10-20(12-16(15)2)23-21(25)18-4-3-11-24(14-18)13-17-6-8-19(22)9-7-17/h5-10,12,18H,3-4,11,13-14H2,1-2H3,(H,23,25)/t18-/m0/s1. The van der Waals surface area contributed by atoms with E-state index < -0.39 is 0 Å². The zero-order chi connectivity index (χ0) is 17.8. The van der Waals surface area contributed by atoms with E-state index in [4.69, 9.17) is 0 Å². The van der Waals surface area contributed by atoms with Crippen LogP contribution in [0.4, 0.5) is 10.1 Å². The molecule has 0 unspecified atom stereocenters. The van der Waals surface area contributed by atoms with E-state index in [1.54, 1.807) is 0 Å².